The molecule has 1 aromatic carbocycles. The van der Waals surface area contributed by atoms with E-state index >= 15 is 0 Å². The largest absolute Gasteiger partial charge is 0.467 e. The quantitative estimate of drug-likeness (QED) is 0.806. The highest BCUT2D eigenvalue weighted by Crippen LogP contribution is 2.36. The van der Waals surface area contributed by atoms with Crippen LogP contribution < -0.4 is 0 Å². The lowest BCUT2D eigenvalue weighted by Gasteiger charge is -2.22. The van der Waals surface area contributed by atoms with E-state index in [0.29, 0.717) is 18.4 Å². The monoisotopic (exact) mass is 328 g/mol. The van der Waals surface area contributed by atoms with Gasteiger partial charge in [-0.2, -0.15) is 0 Å². The number of esters is 2. The van der Waals surface area contributed by atoms with E-state index in [0.717, 1.165) is 11.8 Å². The zero-order chi connectivity index (χ0) is 17.3. The van der Waals surface area contributed by atoms with Crippen molar-refractivity contribution in [3.8, 4) is 0 Å². The van der Waals surface area contributed by atoms with E-state index in [1.807, 2.05) is 12.1 Å². The third kappa shape index (κ3) is 2.50. The first kappa shape index (κ1) is 16.0. The Kier molecular flexibility index (Phi) is 4.20. The fraction of sp³-hybridized carbons (Fsp3) is 0.278. The van der Waals surface area contributed by atoms with Crippen LogP contribution in [-0.2, 0) is 15.9 Å². The van der Waals surface area contributed by atoms with Gasteiger partial charge in [0.1, 0.15) is 23.2 Å². The average Bonchev–Trinajstić information content (AvgIpc) is 3.05. The Bertz CT molecular complexity index is 817. The Morgan fingerprint density at radius 1 is 1.12 bits per heavy atom. The highest BCUT2D eigenvalue weighted by Gasteiger charge is 2.37. The van der Waals surface area contributed by atoms with Gasteiger partial charge in [0.2, 0.25) is 0 Å². The number of methoxy groups -OCH3 is 2. The molecular formula is C18H16O6. The minimum atomic E-state index is -0.731. The number of aryl methyl sites for hydroxylation is 1. The molecule has 0 bridgehead atoms. The molecular weight excluding hydrogens is 312 g/mol. The van der Waals surface area contributed by atoms with Crippen LogP contribution in [0.1, 0.15) is 54.7 Å². The predicted octanol–water partition coefficient (Wildman–Crippen LogP) is 2.77. The molecule has 0 aliphatic heterocycles. The van der Waals surface area contributed by atoms with Crippen molar-refractivity contribution in [2.24, 2.45) is 0 Å². The third-order valence-corrected chi connectivity index (χ3v) is 4.23. The normalized spacial score (nSPS) is 16.4. The van der Waals surface area contributed by atoms with Crippen molar-refractivity contribution < 1.29 is 28.3 Å². The summed E-state index contributed by atoms with van der Waals surface area (Å²) in [5.74, 6) is -2.05. The molecule has 6 heteroatoms. The Balaban J connectivity index is 2.07. The molecule has 1 atom stereocenters. The van der Waals surface area contributed by atoms with Crippen LogP contribution in [-0.4, -0.2) is 31.9 Å². The molecule has 0 spiro atoms. The smallest absolute Gasteiger partial charge is 0.342 e. The van der Waals surface area contributed by atoms with Crippen LogP contribution in [0, 0.1) is 0 Å². The second-order valence-electron chi connectivity index (χ2n) is 5.48. The SMILES string of the molecule is COC(=O)c1coc(C2CCc3ccccc3C2=O)c1C(=O)OC. The molecule has 0 saturated carbocycles. The molecule has 1 aliphatic carbocycles. The van der Waals surface area contributed by atoms with Gasteiger partial charge in [-0.3, -0.25) is 4.79 Å². The van der Waals surface area contributed by atoms with Crippen molar-refractivity contribution >= 4 is 17.7 Å². The minimum absolute atomic E-state index is 0.0361. The Morgan fingerprint density at radius 3 is 2.54 bits per heavy atom. The maximum Gasteiger partial charge on any atom is 0.342 e. The summed E-state index contributed by atoms with van der Waals surface area (Å²) in [4.78, 5) is 36.8. The van der Waals surface area contributed by atoms with Crippen LogP contribution in [0.3, 0.4) is 0 Å². The minimum Gasteiger partial charge on any atom is -0.467 e. The van der Waals surface area contributed by atoms with E-state index < -0.39 is 17.9 Å². The molecule has 0 radical (unpaired) electrons. The first-order chi connectivity index (χ1) is 11.6. The molecule has 24 heavy (non-hydrogen) atoms. The number of ether oxygens (including phenoxy) is 2. The molecule has 0 saturated heterocycles. The second kappa shape index (κ2) is 6.31. The van der Waals surface area contributed by atoms with Crippen molar-refractivity contribution in [3.63, 3.8) is 0 Å². The molecule has 124 valence electrons. The maximum atomic E-state index is 12.8. The van der Waals surface area contributed by atoms with Crippen molar-refractivity contribution in [2.45, 2.75) is 18.8 Å². The van der Waals surface area contributed by atoms with Crippen LogP contribution in [0.4, 0.5) is 0 Å². The van der Waals surface area contributed by atoms with Crippen LogP contribution in [0.2, 0.25) is 0 Å². The van der Waals surface area contributed by atoms with E-state index in [1.54, 1.807) is 12.1 Å². The molecule has 2 aromatic rings. The summed E-state index contributed by atoms with van der Waals surface area (Å²) in [6, 6.07) is 7.34. The summed E-state index contributed by atoms with van der Waals surface area (Å²) in [7, 11) is 2.41. The van der Waals surface area contributed by atoms with Crippen molar-refractivity contribution in [2.75, 3.05) is 14.2 Å². The van der Waals surface area contributed by atoms with Gasteiger partial charge in [-0.25, -0.2) is 9.59 Å². The van der Waals surface area contributed by atoms with Gasteiger partial charge in [0.15, 0.2) is 5.78 Å². The summed E-state index contributed by atoms with van der Waals surface area (Å²) in [6.07, 6.45) is 2.32. The lowest BCUT2D eigenvalue weighted by molar-refractivity contribution is 0.0555. The highest BCUT2D eigenvalue weighted by atomic mass is 16.5. The first-order valence-electron chi connectivity index (χ1n) is 7.48. The molecule has 1 heterocycles. The topological polar surface area (TPSA) is 82.8 Å². The predicted molar refractivity (Wildman–Crippen MR) is 83.2 cm³/mol. The zero-order valence-electron chi connectivity index (χ0n) is 13.3. The Labute approximate surface area is 138 Å². The summed E-state index contributed by atoms with van der Waals surface area (Å²) in [6.45, 7) is 0. The van der Waals surface area contributed by atoms with Gasteiger partial charge >= 0.3 is 11.9 Å². The molecule has 0 N–H and O–H groups in total. The van der Waals surface area contributed by atoms with Gasteiger partial charge < -0.3 is 13.9 Å². The number of benzene rings is 1. The molecule has 1 unspecified atom stereocenters. The van der Waals surface area contributed by atoms with Gasteiger partial charge in [0, 0.05) is 5.56 Å². The van der Waals surface area contributed by atoms with E-state index in [-0.39, 0.29) is 22.7 Å². The second-order valence-corrected chi connectivity index (χ2v) is 5.48. The Hall–Kier alpha value is -2.89. The number of ketones is 1. The zero-order valence-corrected chi connectivity index (χ0v) is 13.3. The van der Waals surface area contributed by atoms with Crippen LogP contribution in [0.25, 0.3) is 0 Å². The number of carbonyl (C=O) groups excluding carboxylic acids is 3. The summed E-state index contributed by atoms with van der Waals surface area (Å²) in [5.41, 5.74) is 1.51. The molecule has 0 fully saturated rings. The standard InChI is InChI=1S/C18H16O6/c1-22-17(20)13-9-24-16(14(13)18(21)23-2)12-8-7-10-5-3-4-6-11(10)15(12)19/h3-6,9,12H,7-8H2,1-2H3. The number of rotatable bonds is 3. The fourth-order valence-electron chi connectivity index (χ4n) is 3.05. The van der Waals surface area contributed by atoms with Crippen molar-refractivity contribution in [1.82, 2.24) is 0 Å². The number of furan rings is 1. The van der Waals surface area contributed by atoms with E-state index in [1.165, 1.54) is 14.2 Å². The number of hydrogen-bond donors (Lipinski definition) is 0. The van der Waals surface area contributed by atoms with E-state index in [2.05, 4.69) is 4.74 Å². The van der Waals surface area contributed by atoms with Crippen molar-refractivity contribution in [3.05, 3.63) is 58.5 Å². The van der Waals surface area contributed by atoms with Gasteiger partial charge in [-0.1, -0.05) is 24.3 Å². The average molecular weight is 328 g/mol. The molecule has 6 nitrogen and oxygen atoms in total. The molecule has 0 amide bonds. The molecule has 1 aliphatic rings. The molecule has 1 aromatic heterocycles. The molecule has 3 rings (SSSR count). The van der Waals surface area contributed by atoms with E-state index in [9.17, 15) is 14.4 Å². The van der Waals surface area contributed by atoms with Gasteiger partial charge in [0.05, 0.1) is 20.1 Å². The number of Topliss-reactive ketones (excluding diaryl/α,β-unsaturated/α-hetero) is 1. The highest BCUT2D eigenvalue weighted by molar-refractivity contribution is 6.07. The van der Waals surface area contributed by atoms with Crippen LogP contribution >= 0.6 is 0 Å². The number of carbonyl (C=O) groups is 3. The number of hydrogen-bond acceptors (Lipinski definition) is 6. The maximum absolute atomic E-state index is 12.8. The summed E-state index contributed by atoms with van der Waals surface area (Å²) in [5, 5.41) is 0. The summed E-state index contributed by atoms with van der Waals surface area (Å²) >= 11 is 0. The summed E-state index contributed by atoms with van der Waals surface area (Å²) < 4.78 is 14.9. The van der Waals surface area contributed by atoms with Crippen LogP contribution in [0.15, 0.2) is 34.9 Å². The van der Waals surface area contributed by atoms with Gasteiger partial charge in [0.25, 0.3) is 0 Å². The Morgan fingerprint density at radius 2 is 1.83 bits per heavy atom. The van der Waals surface area contributed by atoms with Crippen LogP contribution in [0.5, 0.6) is 0 Å². The third-order valence-electron chi connectivity index (χ3n) is 4.23. The first-order valence-corrected chi connectivity index (χ1v) is 7.48. The number of fused-ring (bicyclic) bond motifs is 1. The fourth-order valence-corrected chi connectivity index (χ4v) is 3.05. The van der Waals surface area contributed by atoms with Gasteiger partial charge in [-0.05, 0) is 18.4 Å². The lowest BCUT2D eigenvalue weighted by Crippen LogP contribution is -2.23. The van der Waals surface area contributed by atoms with Gasteiger partial charge in [-0.15, -0.1) is 0 Å². The van der Waals surface area contributed by atoms with Crippen molar-refractivity contribution in [1.29, 1.82) is 0 Å². The van der Waals surface area contributed by atoms with E-state index in [4.69, 9.17) is 9.15 Å². The lowest BCUT2D eigenvalue weighted by atomic mass is 9.80.